The standard InChI is InChI=1S/C21H21F3N6O3/c22-21(23,24)19-16(11-26-30(19)17-6-7-18(31)28-27-17)20(32)25-10-15-13-29(8-9-33-15)12-14-4-2-1-3-5-14/h1-7,11,15H,8-10,12-13H2,(H,25,32)(H,28,31). The van der Waals surface area contributed by atoms with E-state index in [9.17, 15) is 22.8 Å². The number of benzene rings is 1. The SMILES string of the molecule is O=C(NCC1CN(Cc2ccccc2)CCO1)c1cnn(-c2ccc(=O)[nH]n2)c1C(F)(F)F. The Labute approximate surface area is 186 Å². The summed E-state index contributed by atoms with van der Waals surface area (Å²) >= 11 is 0. The van der Waals surface area contributed by atoms with Crippen molar-refractivity contribution in [3.63, 3.8) is 0 Å². The Balaban J connectivity index is 1.44. The van der Waals surface area contributed by atoms with Gasteiger partial charge in [-0.2, -0.15) is 23.4 Å². The molecule has 33 heavy (non-hydrogen) atoms. The summed E-state index contributed by atoms with van der Waals surface area (Å²) in [6.07, 6.45) is -4.42. The second-order valence-electron chi connectivity index (χ2n) is 7.52. The summed E-state index contributed by atoms with van der Waals surface area (Å²) in [6, 6.07) is 12.0. The van der Waals surface area contributed by atoms with E-state index in [0.29, 0.717) is 24.4 Å². The van der Waals surface area contributed by atoms with Crippen molar-refractivity contribution in [3.8, 4) is 5.82 Å². The monoisotopic (exact) mass is 462 g/mol. The molecule has 1 saturated heterocycles. The molecule has 174 valence electrons. The predicted molar refractivity (Wildman–Crippen MR) is 111 cm³/mol. The number of aromatic amines is 1. The van der Waals surface area contributed by atoms with E-state index >= 15 is 0 Å². The first-order chi connectivity index (χ1) is 15.8. The predicted octanol–water partition coefficient (Wildman–Crippen LogP) is 1.61. The molecule has 12 heteroatoms. The molecule has 1 atom stereocenters. The average molecular weight is 462 g/mol. The lowest BCUT2D eigenvalue weighted by atomic mass is 10.2. The summed E-state index contributed by atoms with van der Waals surface area (Å²) in [4.78, 5) is 25.9. The molecule has 3 heterocycles. The van der Waals surface area contributed by atoms with E-state index in [-0.39, 0.29) is 18.5 Å². The Hall–Kier alpha value is -3.51. The van der Waals surface area contributed by atoms with E-state index in [2.05, 4.69) is 20.4 Å². The number of nitrogens with one attached hydrogen (secondary N) is 2. The second kappa shape index (κ2) is 9.55. The fourth-order valence-electron chi connectivity index (χ4n) is 3.61. The van der Waals surface area contributed by atoms with Crippen molar-refractivity contribution in [2.24, 2.45) is 0 Å². The number of alkyl halides is 3. The molecule has 0 bridgehead atoms. The summed E-state index contributed by atoms with van der Waals surface area (Å²) in [5.74, 6) is -1.20. The van der Waals surface area contributed by atoms with Crippen LogP contribution in [0.1, 0.15) is 21.6 Å². The van der Waals surface area contributed by atoms with Crippen molar-refractivity contribution in [3.05, 3.63) is 75.8 Å². The minimum absolute atomic E-state index is 0.0451. The molecule has 1 amide bonds. The zero-order valence-corrected chi connectivity index (χ0v) is 17.4. The fourth-order valence-corrected chi connectivity index (χ4v) is 3.61. The fraction of sp³-hybridized carbons (Fsp3) is 0.333. The number of ether oxygens (including phenoxy) is 1. The highest BCUT2D eigenvalue weighted by molar-refractivity contribution is 5.95. The molecule has 9 nitrogen and oxygen atoms in total. The van der Waals surface area contributed by atoms with Crippen molar-refractivity contribution in [2.45, 2.75) is 18.8 Å². The van der Waals surface area contributed by atoms with Crippen LogP contribution in [-0.4, -0.2) is 63.1 Å². The number of morpholine rings is 1. The lowest BCUT2D eigenvalue weighted by Crippen LogP contribution is -2.47. The van der Waals surface area contributed by atoms with Gasteiger partial charge >= 0.3 is 6.18 Å². The number of hydrogen-bond acceptors (Lipinski definition) is 6. The van der Waals surface area contributed by atoms with Crippen molar-refractivity contribution in [1.82, 2.24) is 30.2 Å². The van der Waals surface area contributed by atoms with Gasteiger partial charge in [-0.05, 0) is 11.6 Å². The van der Waals surface area contributed by atoms with E-state index in [1.807, 2.05) is 35.4 Å². The minimum atomic E-state index is -4.88. The lowest BCUT2D eigenvalue weighted by molar-refractivity contribution is -0.143. The van der Waals surface area contributed by atoms with E-state index in [0.717, 1.165) is 30.4 Å². The maximum absolute atomic E-state index is 13.7. The number of halogens is 3. The zero-order valence-electron chi connectivity index (χ0n) is 17.4. The van der Waals surface area contributed by atoms with Crippen molar-refractivity contribution in [1.29, 1.82) is 0 Å². The first kappa shape index (κ1) is 22.7. The van der Waals surface area contributed by atoms with Crippen LogP contribution in [0.2, 0.25) is 0 Å². The van der Waals surface area contributed by atoms with Gasteiger partial charge < -0.3 is 10.1 Å². The molecule has 3 aromatic rings. The number of rotatable bonds is 6. The van der Waals surface area contributed by atoms with E-state index < -0.39 is 28.9 Å². The molecule has 1 aliphatic rings. The van der Waals surface area contributed by atoms with E-state index in [1.165, 1.54) is 0 Å². The quantitative estimate of drug-likeness (QED) is 0.577. The molecule has 0 saturated carbocycles. The van der Waals surface area contributed by atoms with Gasteiger partial charge in [-0.1, -0.05) is 30.3 Å². The van der Waals surface area contributed by atoms with Crippen LogP contribution in [0, 0.1) is 0 Å². The number of carbonyl (C=O) groups excluding carboxylic acids is 1. The van der Waals surface area contributed by atoms with Crippen LogP contribution >= 0.6 is 0 Å². The molecule has 0 radical (unpaired) electrons. The van der Waals surface area contributed by atoms with Crippen molar-refractivity contribution < 1.29 is 22.7 Å². The Morgan fingerprint density at radius 3 is 2.70 bits per heavy atom. The molecule has 4 rings (SSSR count). The van der Waals surface area contributed by atoms with Gasteiger partial charge in [0.05, 0.1) is 24.5 Å². The molecule has 1 fully saturated rings. The van der Waals surface area contributed by atoms with Crippen molar-refractivity contribution >= 4 is 5.91 Å². The maximum Gasteiger partial charge on any atom is 0.434 e. The summed E-state index contributed by atoms with van der Waals surface area (Å²) in [5.41, 5.74) is -1.37. The number of amides is 1. The third-order valence-corrected chi connectivity index (χ3v) is 5.13. The normalized spacial score (nSPS) is 17.1. The Bertz CT molecular complexity index is 1140. The zero-order chi connectivity index (χ0) is 23.4. The summed E-state index contributed by atoms with van der Waals surface area (Å²) < 4.78 is 47.4. The highest BCUT2D eigenvalue weighted by atomic mass is 19.4. The van der Waals surface area contributed by atoms with E-state index in [4.69, 9.17) is 4.74 Å². The number of nitrogens with zero attached hydrogens (tertiary/aromatic N) is 4. The summed E-state index contributed by atoms with van der Waals surface area (Å²) in [6.45, 7) is 2.46. The second-order valence-corrected chi connectivity index (χ2v) is 7.52. The van der Waals surface area contributed by atoms with Gasteiger partial charge in [-0.3, -0.25) is 14.5 Å². The van der Waals surface area contributed by atoms with Gasteiger partial charge in [-0.15, -0.1) is 0 Å². The van der Waals surface area contributed by atoms with Crippen LogP contribution in [0.4, 0.5) is 13.2 Å². The van der Waals surface area contributed by atoms with Crippen LogP contribution in [0.3, 0.4) is 0 Å². The van der Waals surface area contributed by atoms with Crippen LogP contribution in [0.15, 0.2) is 53.5 Å². The highest BCUT2D eigenvalue weighted by Crippen LogP contribution is 2.33. The number of carbonyl (C=O) groups is 1. The van der Waals surface area contributed by atoms with Gasteiger partial charge in [0.15, 0.2) is 11.5 Å². The van der Waals surface area contributed by atoms with Gasteiger partial charge in [-0.25, -0.2) is 9.78 Å². The van der Waals surface area contributed by atoms with Crippen LogP contribution < -0.4 is 10.9 Å². The highest BCUT2D eigenvalue weighted by Gasteiger charge is 2.41. The number of hydrogen-bond donors (Lipinski definition) is 2. The smallest absolute Gasteiger partial charge is 0.374 e. The molecule has 2 N–H and O–H groups in total. The molecule has 0 aliphatic carbocycles. The summed E-state index contributed by atoms with van der Waals surface area (Å²) in [5, 5.41) is 11.8. The molecular weight excluding hydrogens is 441 g/mol. The Morgan fingerprint density at radius 1 is 1.21 bits per heavy atom. The molecule has 1 aromatic carbocycles. The van der Waals surface area contributed by atoms with Crippen LogP contribution in [-0.2, 0) is 17.5 Å². The van der Waals surface area contributed by atoms with Crippen LogP contribution in [0.5, 0.6) is 0 Å². The Kier molecular flexibility index (Phi) is 6.56. The maximum atomic E-state index is 13.7. The van der Waals surface area contributed by atoms with E-state index in [1.54, 1.807) is 0 Å². The molecule has 1 unspecified atom stereocenters. The van der Waals surface area contributed by atoms with Gasteiger partial charge in [0.25, 0.3) is 11.5 Å². The van der Waals surface area contributed by atoms with Gasteiger partial charge in [0, 0.05) is 32.2 Å². The number of aromatic nitrogens is 4. The Morgan fingerprint density at radius 2 is 2.00 bits per heavy atom. The molecule has 2 aromatic heterocycles. The molecule has 0 spiro atoms. The summed E-state index contributed by atoms with van der Waals surface area (Å²) in [7, 11) is 0. The van der Waals surface area contributed by atoms with Crippen LogP contribution in [0.25, 0.3) is 5.82 Å². The minimum Gasteiger partial charge on any atom is -0.374 e. The third-order valence-electron chi connectivity index (χ3n) is 5.13. The first-order valence-electron chi connectivity index (χ1n) is 10.2. The first-order valence-corrected chi connectivity index (χ1v) is 10.2. The van der Waals surface area contributed by atoms with Gasteiger partial charge in [0.2, 0.25) is 0 Å². The topological polar surface area (TPSA) is 105 Å². The third kappa shape index (κ3) is 5.46. The van der Waals surface area contributed by atoms with Crippen molar-refractivity contribution in [2.75, 3.05) is 26.2 Å². The molecule has 1 aliphatic heterocycles. The van der Waals surface area contributed by atoms with Gasteiger partial charge in [0.1, 0.15) is 0 Å². The average Bonchev–Trinajstić information content (AvgIpc) is 3.25. The lowest BCUT2D eigenvalue weighted by Gasteiger charge is -2.33. The largest absolute Gasteiger partial charge is 0.434 e. The molecular formula is C21H21F3N6O3. The number of H-pyrrole nitrogens is 1.